The van der Waals surface area contributed by atoms with Crippen molar-refractivity contribution >= 4 is 5.69 Å². The van der Waals surface area contributed by atoms with E-state index in [1.165, 1.54) is 33.4 Å². The van der Waals surface area contributed by atoms with Crippen molar-refractivity contribution in [2.24, 2.45) is 0 Å². The first-order chi connectivity index (χ1) is 11.5. The molecule has 24 heavy (non-hydrogen) atoms. The Labute approximate surface area is 146 Å². The monoisotopic (exact) mass is 323 g/mol. The van der Waals surface area contributed by atoms with E-state index in [2.05, 4.69) is 58.9 Å². The van der Waals surface area contributed by atoms with E-state index >= 15 is 0 Å². The van der Waals surface area contributed by atoms with Crippen LogP contribution in [0.15, 0.2) is 24.3 Å². The maximum atomic E-state index is 6.43. The average molecular weight is 323 g/mol. The van der Waals surface area contributed by atoms with E-state index in [-0.39, 0.29) is 0 Å². The maximum Gasteiger partial charge on any atom is 0.127 e. The fourth-order valence-electron chi connectivity index (χ4n) is 3.85. The van der Waals surface area contributed by atoms with Gasteiger partial charge in [-0.05, 0) is 54.0 Å². The molecule has 2 heteroatoms. The first kappa shape index (κ1) is 16.9. The molecule has 0 aromatic heterocycles. The van der Waals surface area contributed by atoms with Crippen molar-refractivity contribution in [3.8, 4) is 5.75 Å². The minimum Gasteiger partial charge on any atom is -0.492 e. The van der Waals surface area contributed by atoms with E-state index in [4.69, 9.17) is 10.5 Å². The van der Waals surface area contributed by atoms with Gasteiger partial charge >= 0.3 is 0 Å². The van der Waals surface area contributed by atoms with Gasteiger partial charge < -0.3 is 10.5 Å². The summed E-state index contributed by atoms with van der Waals surface area (Å²) < 4.78 is 6.19. The summed E-state index contributed by atoms with van der Waals surface area (Å²) in [5.41, 5.74) is 15.1. The molecule has 0 radical (unpaired) electrons. The van der Waals surface area contributed by atoms with Gasteiger partial charge in [-0.25, -0.2) is 0 Å². The lowest BCUT2D eigenvalue weighted by Crippen LogP contribution is -2.06. The lowest BCUT2D eigenvalue weighted by molar-refractivity contribution is 0.339. The van der Waals surface area contributed by atoms with E-state index in [1.54, 1.807) is 0 Å². The molecular formula is C22H29NO. The highest BCUT2D eigenvalue weighted by Crippen LogP contribution is 2.46. The number of rotatable bonds is 4. The van der Waals surface area contributed by atoms with Crippen molar-refractivity contribution in [2.45, 2.75) is 59.3 Å². The van der Waals surface area contributed by atoms with Gasteiger partial charge in [-0.1, -0.05) is 51.5 Å². The predicted molar refractivity (Wildman–Crippen MR) is 102 cm³/mol. The fourth-order valence-corrected chi connectivity index (χ4v) is 3.85. The third-order valence-electron chi connectivity index (χ3n) is 5.43. The number of nitrogens with two attached hydrogens (primary N) is 1. The van der Waals surface area contributed by atoms with Crippen LogP contribution in [-0.2, 0) is 6.42 Å². The van der Waals surface area contributed by atoms with Crippen molar-refractivity contribution in [3.63, 3.8) is 0 Å². The Morgan fingerprint density at radius 3 is 2.38 bits per heavy atom. The van der Waals surface area contributed by atoms with Crippen molar-refractivity contribution in [1.29, 1.82) is 0 Å². The van der Waals surface area contributed by atoms with E-state index in [0.717, 1.165) is 30.9 Å². The third kappa shape index (κ3) is 2.68. The standard InChI is InChI=1S/C22H29NO/c1-6-7-18-14(4)21(23)15(5)20-19(12-24-22(18)20)17-10-8-16(9-11-17)13(2)3/h8-11,13,19H,6-7,12,23H2,1-5H3. The number of nitrogen functional groups attached to an aromatic ring is 1. The summed E-state index contributed by atoms with van der Waals surface area (Å²) in [7, 11) is 0. The van der Waals surface area contributed by atoms with E-state index in [1.807, 2.05) is 0 Å². The molecule has 2 aromatic carbocycles. The molecule has 1 aliphatic heterocycles. The van der Waals surface area contributed by atoms with Gasteiger partial charge in [0.05, 0.1) is 6.61 Å². The van der Waals surface area contributed by atoms with Crippen LogP contribution in [0.3, 0.4) is 0 Å². The molecule has 2 aromatic rings. The number of anilines is 1. The highest BCUT2D eigenvalue weighted by molar-refractivity contribution is 5.68. The van der Waals surface area contributed by atoms with E-state index in [0.29, 0.717) is 11.8 Å². The molecule has 1 aliphatic rings. The van der Waals surface area contributed by atoms with Crippen LogP contribution in [0.25, 0.3) is 0 Å². The highest BCUT2D eigenvalue weighted by Gasteiger charge is 2.32. The summed E-state index contributed by atoms with van der Waals surface area (Å²) in [5, 5.41) is 0. The second-order valence-electron chi connectivity index (χ2n) is 7.32. The Hall–Kier alpha value is -1.96. The van der Waals surface area contributed by atoms with Crippen LogP contribution >= 0.6 is 0 Å². The topological polar surface area (TPSA) is 35.2 Å². The van der Waals surface area contributed by atoms with Gasteiger partial charge in [0.1, 0.15) is 5.75 Å². The molecular weight excluding hydrogens is 294 g/mol. The quantitative estimate of drug-likeness (QED) is 0.756. The van der Waals surface area contributed by atoms with Gasteiger partial charge in [-0.2, -0.15) is 0 Å². The van der Waals surface area contributed by atoms with Gasteiger partial charge in [-0.15, -0.1) is 0 Å². The Bertz CT molecular complexity index is 744. The largest absolute Gasteiger partial charge is 0.492 e. The van der Waals surface area contributed by atoms with Crippen molar-refractivity contribution in [2.75, 3.05) is 12.3 Å². The van der Waals surface area contributed by atoms with Gasteiger partial charge in [0.15, 0.2) is 0 Å². The van der Waals surface area contributed by atoms with Crippen LogP contribution in [0.2, 0.25) is 0 Å². The molecule has 0 saturated heterocycles. The average Bonchev–Trinajstić information content (AvgIpc) is 3.01. The SMILES string of the molecule is CCCc1c(C)c(N)c(C)c2c1OCC2c1ccc(C(C)C)cc1. The number of hydrogen-bond donors (Lipinski definition) is 1. The molecule has 0 fully saturated rings. The summed E-state index contributed by atoms with van der Waals surface area (Å²) in [6.07, 6.45) is 2.13. The number of benzene rings is 2. The smallest absolute Gasteiger partial charge is 0.127 e. The summed E-state index contributed by atoms with van der Waals surface area (Å²) in [4.78, 5) is 0. The Morgan fingerprint density at radius 2 is 1.79 bits per heavy atom. The second kappa shape index (κ2) is 6.51. The molecule has 1 atom stereocenters. The Balaban J connectivity index is 2.08. The summed E-state index contributed by atoms with van der Waals surface area (Å²) in [6.45, 7) is 11.7. The van der Waals surface area contributed by atoms with Gasteiger partial charge in [0.2, 0.25) is 0 Å². The Kier molecular flexibility index (Phi) is 4.58. The van der Waals surface area contributed by atoms with Crippen LogP contribution in [0.5, 0.6) is 5.75 Å². The lowest BCUT2D eigenvalue weighted by Gasteiger charge is -2.19. The normalized spacial score (nSPS) is 16.3. The minimum absolute atomic E-state index is 0.291. The second-order valence-corrected chi connectivity index (χ2v) is 7.32. The molecule has 0 spiro atoms. The molecule has 0 aliphatic carbocycles. The molecule has 0 saturated carbocycles. The zero-order valence-corrected chi connectivity index (χ0v) is 15.6. The predicted octanol–water partition coefficient (Wildman–Crippen LogP) is 5.49. The first-order valence-electron chi connectivity index (χ1n) is 9.09. The lowest BCUT2D eigenvalue weighted by atomic mass is 9.85. The van der Waals surface area contributed by atoms with Crippen molar-refractivity contribution in [3.05, 3.63) is 57.6 Å². The highest BCUT2D eigenvalue weighted by atomic mass is 16.5. The molecule has 2 nitrogen and oxygen atoms in total. The van der Waals surface area contributed by atoms with Gasteiger partial charge in [0, 0.05) is 17.2 Å². The number of fused-ring (bicyclic) bond motifs is 1. The van der Waals surface area contributed by atoms with Gasteiger partial charge in [-0.3, -0.25) is 0 Å². The van der Waals surface area contributed by atoms with Crippen molar-refractivity contribution < 1.29 is 4.74 Å². The summed E-state index contributed by atoms with van der Waals surface area (Å²) in [5.74, 6) is 1.95. The molecule has 1 heterocycles. The molecule has 3 rings (SSSR count). The number of hydrogen-bond acceptors (Lipinski definition) is 2. The van der Waals surface area contributed by atoms with E-state index < -0.39 is 0 Å². The van der Waals surface area contributed by atoms with Crippen LogP contribution in [0.1, 0.15) is 72.4 Å². The molecule has 0 amide bonds. The zero-order valence-electron chi connectivity index (χ0n) is 15.6. The first-order valence-corrected chi connectivity index (χ1v) is 9.09. The van der Waals surface area contributed by atoms with Crippen LogP contribution < -0.4 is 10.5 Å². The molecule has 128 valence electrons. The van der Waals surface area contributed by atoms with Crippen LogP contribution in [0.4, 0.5) is 5.69 Å². The summed E-state index contributed by atoms with van der Waals surface area (Å²) in [6, 6.07) is 9.01. The summed E-state index contributed by atoms with van der Waals surface area (Å²) >= 11 is 0. The molecule has 0 bridgehead atoms. The number of ether oxygens (including phenoxy) is 1. The molecule has 2 N–H and O–H groups in total. The van der Waals surface area contributed by atoms with E-state index in [9.17, 15) is 0 Å². The zero-order chi connectivity index (χ0) is 17.4. The molecule has 1 unspecified atom stereocenters. The third-order valence-corrected chi connectivity index (χ3v) is 5.43. The minimum atomic E-state index is 0.291. The van der Waals surface area contributed by atoms with Crippen molar-refractivity contribution in [1.82, 2.24) is 0 Å². The van der Waals surface area contributed by atoms with Gasteiger partial charge in [0.25, 0.3) is 0 Å². The van der Waals surface area contributed by atoms with Crippen LogP contribution in [0, 0.1) is 13.8 Å². The fraction of sp³-hybridized carbons (Fsp3) is 0.455. The maximum absolute atomic E-state index is 6.43. The van der Waals surface area contributed by atoms with Crippen LogP contribution in [-0.4, -0.2) is 6.61 Å². The Morgan fingerprint density at radius 1 is 1.12 bits per heavy atom.